The minimum Gasteiger partial charge on any atom is -0.369 e. The van der Waals surface area contributed by atoms with Crippen LogP contribution < -0.4 is 10.6 Å². The third-order valence-corrected chi connectivity index (χ3v) is 3.31. The number of aromatic amines is 1. The van der Waals surface area contributed by atoms with E-state index in [9.17, 15) is 9.59 Å². The largest absolute Gasteiger partial charge is 0.369 e. The summed E-state index contributed by atoms with van der Waals surface area (Å²) in [5.74, 6) is -1.13. The number of hydrogen-bond donors (Lipinski definition) is 2. The summed E-state index contributed by atoms with van der Waals surface area (Å²) < 4.78 is 0. The molecule has 1 aliphatic rings. The van der Waals surface area contributed by atoms with Gasteiger partial charge in [0.1, 0.15) is 5.15 Å². The normalized spacial score (nSPS) is 19.3. The van der Waals surface area contributed by atoms with Gasteiger partial charge in [-0.1, -0.05) is 11.6 Å². The Morgan fingerprint density at radius 1 is 1.53 bits per heavy atom. The second-order valence-corrected chi connectivity index (χ2v) is 4.61. The third-order valence-electron chi connectivity index (χ3n) is 3.02. The van der Waals surface area contributed by atoms with Gasteiger partial charge >= 0.3 is 0 Å². The monoisotopic (exact) mass is 280 g/mol. The van der Waals surface area contributed by atoms with E-state index in [-0.39, 0.29) is 30.0 Å². The van der Waals surface area contributed by atoms with Crippen LogP contribution in [0.1, 0.15) is 6.42 Å². The smallest absolute Gasteiger partial charge is 0.235 e. The number of anilines is 1. The molecule has 2 aromatic rings. The van der Waals surface area contributed by atoms with Crippen molar-refractivity contribution in [3.05, 3.63) is 11.3 Å². The van der Waals surface area contributed by atoms with Crippen LogP contribution in [0.4, 0.5) is 5.95 Å². The molecule has 2 amide bonds. The average Bonchev–Trinajstić information content (AvgIpc) is 2.95. The van der Waals surface area contributed by atoms with Gasteiger partial charge in [-0.2, -0.15) is 15.1 Å². The average molecular weight is 281 g/mol. The quantitative estimate of drug-likeness (QED) is 0.741. The van der Waals surface area contributed by atoms with E-state index < -0.39 is 11.8 Å². The van der Waals surface area contributed by atoms with Gasteiger partial charge in [0, 0.05) is 13.0 Å². The first-order valence-electron chi connectivity index (χ1n) is 5.52. The summed E-state index contributed by atoms with van der Waals surface area (Å²) in [7, 11) is 0. The molecule has 3 heterocycles. The van der Waals surface area contributed by atoms with Crippen molar-refractivity contribution in [2.75, 3.05) is 11.4 Å². The second kappa shape index (κ2) is 4.16. The molecule has 1 atom stereocenters. The lowest BCUT2D eigenvalue weighted by atomic mass is 10.1. The van der Waals surface area contributed by atoms with Gasteiger partial charge in [-0.25, -0.2) is 0 Å². The van der Waals surface area contributed by atoms with E-state index in [0.717, 1.165) is 0 Å². The Balaban J connectivity index is 2.00. The Morgan fingerprint density at radius 3 is 3.00 bits per heavy atom. The lowest BCUT2D eigenvalue weighted by molar-refractivity contribution is -0.123. The molecule has 9 heteroatoms. The number of carbonyl (C=O) groups excluding carboxylic acids is 2. The molecule has 2 aromatic heterocycles. The predicted octanol–water partition coefficient (Wildman–Crippen LogP) is -0.156. The number of halogens is 1. The standard InChI is InChI=1S/C10H9ClN6O2/c11-7-5-2-13-16-9(5)15-10(14-7)17-3-4(8(12)19)1-6(17)18/h2,4H,1,3H2,(H2,12,19)(H,13,14,15,16). The molecule has 1 unspecified atom stereocenters. The van der Waals surface area contributed by atoms with Crippen molar-refractivity contribution in [2.45, 2.75) is 6.42 Å². The van der Waals surface area contributed by atoms with E-state index in [2.05, 4.69) is 20.2 Å². The summed E-state index contributed by atoms with van der Waals surface area (Å²) >= 11 is 5.99. The van der Waals surface area contributed by atoms with E-state index >= 15 is 0 Å². The zero-order valence-electron chi connectivity index (χ0n) is 9.63. The van der Waals surface area contributed by atoms with Crippen molar-refractivity contribution in [1.82, 2.24) is 20.2 Å². The maximum atomic E-state index is 11.8. The van der Waals surface area contributed by atoms with Gasteiger partial charge in [0.2, 0.25) is 17.8 Å². The van der Waals surface area contributed by atoms with Gasteiger partial charge in [0.25, 0.3) is 0 Å². The summed E-state index contributed by atoms with van der Waals surface area (Å²) in [5.41, 5.74) is 5.64. The van der Waals surface area contributed by atoms with E-state index in [4.69, 9.17) is 17.3 Å². The fourth-order valence-corrected chi connectivity index (χ4v) is 2.21. The Kier molecular flexibility index (Phi) is 2.59. The fourth-order valence-electron chi connectivity index (χ4n) is 2.00. The SMILES string of the molecule is NC(=O)C1CC(=O)N(c2nc(Cl)c3cn[nH]c3n2)C1. The summed E-state index contributed by atoms with van der Waals surface area (Å²) in [6, 6.07) is 0. The summed E-state index contributed by atoms with van der Waals surface area (Å²) in [6.45, 7) is 0.171. The van der Waals surface area contributed by atoms with Gasteiger partial charge in [-0.15, -0.1) is 0 Å². The topological polar surface area (TPSA) is 118 Å². The van der Waals surface area contributed by atoms with Crippen molar-refractivity contribution in [1.29, 1.82) is 0 Å². The van der Waals surface area contributed by atoms with Crippen LogP contribution in [0.2, 0.25) is 5.15 Å². The van der Waals surface area contributed by atoms with Crippen LogP contribution in [-0.2, 0) is 9.59 Å². The molecule has 3 rings (SSSR count). The Morgan fingerprint density at radius 2 is 2.32 bits per heavy atom. The Bertz CT molecular complexity index is 684. The maximum absolute atomic E-state index is 11.8. The highest BCUT2D eigenvalue weighted by Crippen LogP contribution is 2.26. The molecule has 98 valence electrons. The van der Waals surface area contributed by atoms with Gasteiger partial charge in [-0.3, -0.25) is 19.6 Å². The molecule has 1 aliphatic heterocycles. The molecule has 0 aliphatic carbocycles. The number of H-pyrrole nitrogens is 1. The number of aromatic nitrogens is 4. The van der Waals surface area contributed by atoms with Gasteiger partial charge in [0.15, 0.2) is 5.65 Å². The molecule has 1 saturated heterocycles. The molecular weight excluding hydrogens is 272 g/mol. The molecule has 3 N–H and O–H groups in total. The maximum Gasteiger partial charge on any atom is 0.235 e. The second-order valence-electron chi connectivity index (χ2n) is 4.25. The van der Waals surface area contributed by atoms with Gasteiger partial charge < -0.3 is 5.73 Å². The number of nitrogens with one attached hydrogen (secondary N) is 1. The molecule has 0 radical (unpaired) electrons. The lowest BCUT2D eigenvalue weighted by Crippen LogP contribution is -2.29. The Hall–Kier alpha value is -2.22. The van der Waals surface area contributed by atoms with E-state index in [1.165, 1.54) is 11.1 Å². The fraction of sp³-hybridized carbons (Fsp3) is 0.300. The van der Waals surface area contributed by atoms with Crippen molar-refractivity contribution in [3.63, 3.8) is 0 Å². The number of amides is 2. The van der Waals surface area contributed by atoms with Crippen LogP contribution in [0, 0.1) is 5.92 Å². The van der Waals surface area contributed by atoms with Crippen molar-refractivity contribution in [2.24, 2.45) is 11.7 Å². The minimum absolute atomic E-state index is 0.0668. The predicted molar refractivity (Wildman–Crippen MR) is 66.3 cm³/mol. The highest BCUT2D eigenvalue weighted by atomic mass is 35.5. The number of primary amides is 1. The molecular formula is C10H9ClN6O2. The molecule has 8 nitrogen and oxygen atoms in total. The van der Waals surface area contributed by atoms with Gasteiger partial charge in [0.05, 0.1) is 17.5 Å². The van der Waals surface area contributed by atoms with E-state index in [1.54, 1.807) is 0 Å². The molecule has 1 fully saturated rings. The molecule has 0 saturated carbocycles. The summed E-state index contributed by atoms with van der Waals surface area (Å²) in [5, 5.41) is 7.23. The highest BCUT2D eigenvalue weighted by Gasteiger charge is 2.35. The minimum atomic E-state index is -0.521. The van der Waals surface area contributed by atoms with Crippen LogP contribution in [0.15, 0.2) is 6.20 Å². The van der Waals surface area contributed by atoms with Crippen molar-refractivity contribution >= 4 is 40.4 Å². The van der Waals surface area contributed by atoms with Crippen LogP contribution in [0.25, 0.3) is 11.0 Å². The summed E-state index contributed by atoms with van der Waals surface area (Å²) in [4.78, 5) is 32.5. The number of nitrogens with two attached hydrogens (primary N) is 1. The number of fused-ring (bicyclic) bond motifs is 1. The van der Waals surface area contributed by atoms with Crippen LogP contribution in [0.3, 0.4) is 0 Å². The van der Waals surface area contributed by atoms with Crippen molar-refractivity contribution in [3.8, 4) is 0 Å². The Labute approximate surface area is 111 Å². The zero-order valence-corrected chi connectivity index (χ0v) is 10.4. The van der Waals surface area contributed by atoms with E-state index in [1.807, 2.05) is 0 Å². The van der Waals surface area contributed by atoms with Crippen molar-refractivity contribution < 1.29 is 9.59 Å². The first kappa shape index (κ1) is 11.8. The molecule has 0 bridgehead atoms. The first-order chi connectivity index (χ1) is 9.06. The van der Waals surface area contributed by atoms with Crippen LogP contribution in [-0.4, -0.2) is 38.5 Å². The number of hydrogen-bond acceptors (Lipinski definition) is 5. The van der Waals surface area contributed by atoms with E-state index in [0.29, 0.717) is 11.0 Å². The first-order valence-corrected chi connectivity index (χ1v) is 5.90. The molecule has 19 heavy (non-hydrogen) atoms. The van der Waals surface area contributed by atoms with Gasteiger partial charge in [-0.05, 0) is 0 Å². The number of nitrogens with zero attached hydrogens (tertiary/aromatic N) is 4. The summed E-state index contributed by atoms with van der Waals surface area (Å²) in [6.07, 6.45) is 1.57. The highest BCUT2D eigenvalue weighted by molar-refractivity contribution is 6.34. The molecule has 0 spiro atoms. The molecule has 0 aromatic carbocycles. The zero-order chi connectivity index (χ0) is 13.6. The van der Waals surface area contributed by atoms with Crippen LogP contribution >= 0.6 is 11.6 Å². The number of carbonyl (C=O) groups is 2. The van der Waals surface area contributed by atoms with Crippen LogP contribution in [0.5, 0.6) is 0 Å². The number of rotatable bonds is 2. The lowest BCUT2D eigenvalue weighted by Gasteiger charge is -2.13. The third kappa shape index (κ3) is 1.89.